The SMILES string of the molecule is CCCO[Si](OCC)(OCC)OC1CO1. The molecule has 0 aromatic heterocycles. The first-order valence-electron chi connectivity index (χ1n) is 5.47. The van der Waals surface area contributed by atoms with Gasteiger partial charge in [0.05, 0.1) is 0 Å². The standard InChI is InChI=1S/C9H20O5Si/c1-4-7-13-15(11-5-2,12-6-3)14-9-8-10-9/h9H,4-8H2,1-3H3. The van der Waals surface area contributed by atoms with Gasteiger partial charge in [0, 0.05) is 19.8 Å². The predicted octanol–water partition coefficient (Wildman–Crippen LogP) is 1.29. The molecule has 1 saturated heterocycles. The summed E-state index contributed by atoms with van der Waals surface area (Å²) in [4.78, 5) is 0. The maximum Gasteiger partial charge on any atom is 0.681 e. The van der Waals surface area contributed by atoms with Gasteiger partial charge >= 0.3 is 9.05 Å². The third kappa shape index (κ3) is 4.58. The minimum absolute atomic E-state index is 0.202. The number of ether oxygens (including phenoxy) is 1. The van der Waals surface area contributed by atoms with E-state index in [2.05, 4.69) is 0 Å². The van der Waals surface area contributed by atoms with Gasteiger partial charge in [0.25, 0.3) is 0 Å². The molecule has 0 radical (unpaired) electrons. The molecule has 90 valence electrons. The largest absolute Gasteiger partial charge is 0.681 e. The average Bonchev–Trinajstić information content (AvgIpc) is 2.99. The molecule has 6 heteroatoms. The molecule has 1 aliphatic rings. The van der Waals surface area contributed by atoms with Crippen molar-refractivity contribution in [3.63, 3.8) is 0 Å². The maximum atomic E-state index is 5.60. The Kier molecular flexibility index (Phi) is 5.73. The molecule has 1 fully saturated rings. The zero-order valence-corrected chi connectivity index (χ0v) is 10.7. The van der Waals surface area contributed by atoms with Crippen LogP contribution >= 0.6 is 0 Å². The first-order valence-corrected chi connectivity index (χ1v) is 7.11. The minimum Gasteiger partial charge on any atom is -0.351 e. The van der Waals surface area contributed by atoms with Crippen LogP contribution in [0.3, 0.4) is 0 Å². The second-order valence-electron chi connectivity index (χ2n) is 3.10. The molecule has 1 rings (SSSR count). The van der Waals surface area contributed by atoms with Gasteiger partial charge in [-0.1, -0.05) is 6.92 Å². The van der Waals surface area contributed by atoms with Crippen LogP contribution in [0.1, 0.15) is 27.2 Å². The fourth-order valence-electron chi connectivity index (χ4n) is 1.08. The lowest BCUT2D eigenvalue weighted by Crippen LogP contribution is -2.50. The van der Waals surface area contributed by atoms with Crippen molar-refractivity contribution in [2.45, 2.75) is 33.5 Å². The molecule has 5 nitrogen and oxygen atoms in total. The van der Waals surface area contributed by atoms with Crippen molar-refractivity contribution in [3.05, 3.63) is 0 Å². The molecule has 0 spiro atoms. The van der Waals surface area contributed by atoms with E-state index in [1.807, 2.05) is 20.8 Å². The molecular formula is C9H20O5Si. The molecule has 1 heterocycles. The Morgan fingerprint density at radius 3 is 2.13 bits per heavy atom. The molecular weight excluding hydrogens is 216 g/mol. The van der Waals surface area contributed by atoms with Crippen LogP contribution in [0.2, 0.25) is 0 Å². The Hall–Kier alpha value is 0.0169. The van der Waals surface area contributed by atoms with Crippen molar-refractivity contribution >= 4 is 9.05 Å². The molecule has 0 N–H and O–H groups in total. The summed E-state index contributed by atoms with van der Waals surface area (Å²) in [7, 11) is -2.94. The lowest BCUT2D eigenvalue weighted by Gasteiger charge is -2.26. The lowest BCUT2D eigenvalue weighted by molar-refractivity contribution is -0.0510. The Bertz CT molecular complexity index is 168. The monoisotopic (exact) mass is 236 g/mol. The van der Waals surface area contributed by atoms with E-state index in [1.54, 1.807) is 0 Å². The Balaban J connectivity index is 2.49. The fourth-order valence-corrected chi connectivity index (χ4v) is 3.15. The van der Waals surface area contributed by atoms with Gasteiger partial charge in [-0.25, -0.2) is 0 Å². The van der Waals surface area contributed by atoms with E-state index in [9.17, 15) is 0 Å². The third-order valence-electron chi connectivity index (χ3n) is 1.70. The van der Waals surface area contributed by atoms with Gasteiger partial charge in [0.1, 0.15) is 6.61 Å². The van der Waals surface area contributed by atoms with E-state index in [4.69, 9.17) is 22.4 Å². The van der Waals surface area contributed by atoms with Crippen LogP contribution < -0.4 is 0 Å². The number of rotatable bonds is 9. The first kappa shape index (κ1) is 13.1. The van der Waals surface area contributed by atoms with E-state index < -0.39 is 9.05 Å². The first-order chi connectivity index (χ1) is 7.26. The molecule has 1 unspecified atom stereocenters. The summed E-state index contributed by atoms with van der Waals surface area (Å²) in [5.74, 6) is 0. The summed E-state index contributed by atoms with van der Waals surface area (Å²) in [5.41, 5.74) is 0. The summed E-state index contributed by atoms with van der Waals surface area (Å²) < 4.78 is 27.2. The molecule has 1 aliphatic heterocycles. The summed E-state index contributed by atoms with van der Waals surface area (Å²) in [5, 5.41) is 0. The summed E-state index contributed by atoms with van der Waals surface area (Å²) in [6.07, 6.45) is 0.704. The second-order valence-corrected chi connectivity index (χ2v) is 5.20. The Morgan fingerprint density at radius 2 is 1.73 bits per heavy atom. The van der Waals surface area contributed by atoms with E-state index in [0.29, 0.717) is 26.4 Å². The number of hydrogen-bond acceptors (Lipinski definition) is 5. The van der Waals surface area contributed by atoms with Crippen molar-refractivity contribution in [2.24, 2.45) is 0 Å². The summed E-state index contributed by atoms with van der Waals surface area (Å²) in [6, 6.07) is 0. The normalized spacial score (nSPS) is 20.6. The highest BCUT2D eigenvalue weighted by atomic mass is 28.4. The van der Waals surface area contributed by atoms with E-state index in [0.717, 1.165) is 6.42 Å². The second kappa shape index (κ2) is 6.57. The number of epoxide rings is 1. The quantitative estimate of drug-likeness (QED) is 0.446. The topological polar surface area (TPSA) is 49.5 Å². The highest BCUT2D eigenvalue weighted by molar-refractivity contribution is 6.53. The maximum absolute atomic E-state index is 5.60. The molecule has 0 aromatic carbocycles. The zero-order chi connectivity index (χ0) is 11.1. The van der Waals surface area contributed by atoms with Crippen LogP contribution in [0, 0.1) is 0 Å². The zero-order valence-electron chi connectivity index (χ0n) is 9.65. The third-order valence-corrected chi connectivity index (χ3v) is 4.10. The number of hydrogen-bond donors (Lipinski definition) is 0. The highest BCUT2D eigenvalue weighted by Gasteiger charge is 2.50. The lowest BCUT2D eigenvalue weighted by atomic mass is 10.5. The van der Waals surface area contributed by atoms with Crippen LogP contribution in [0.15, 0.2) is 0 Å². The van der Waals surface area contributed by atoms with Crippen LogP contribution in [0.25, 0.3) is 0 Å². The van der Waals surface area contributed by atoms with Crippen molar-refractivity contribution < 1.29 is 22.4 Å². The molecule has 0 bridgehead atoms. The van der Waals surface area contributed by atoms with Crippen LogP contribution in [0.4, 0.5) is 0 Å². The van der Waals surface area contributed by atoms with E-state index >= 15 is 0 Å². The molecule has 0 aliphatic carbocycles. The fraction of sp³-hybridized carbons (Fsp3) is 1.00. The molecule has 0 amide bonds. The van der Waals surface area contributed by atoms with Crippen molar-refractivity contribution in [2.75, 3.05) is 26.4 Å². The Labute approximate surface area is 92.1 Å². The van der Waals surface area contributed by atoms with Crippen molar-refractivity contribution in [3.8, 4) is 0 Å². The van der Waals surface area contributed by atoms with Gasteiger partial charge in [0.2, 0.25) is 0 Å². The molecule has 15 heavy (non-hydrogen) atoms. The van der Waals surface area contributed by atoms with E-state index in [-0.39, 0.29) is 6.29 Å². The highest BCUT2D eigenvalue weighted by Crippen LogP contribution is 2.21. The van der Waals surface area contributed by atoms with Crippen LogP contribution in [-0.2, 0) is 22.4 Å². The van der Waals surface area contributed by atoms with Gasteiger partial charge in [-0.3, -0.25) is 0 Å². The Morgan fingerprint density at radius 1 is 1.13 bits per heavy atom. The van der Waals surface area contributed by atoms with Gasteiger partial charge < -0.3 is 22.4 Å². The average molecular weight is 236 g/mol. The molecule has 1 atom stereocenters. The van der Waals surface area contributed by atoms with Crippen molar-refractivity contribution in [1.29, 1.82) is 0 Å². The summed E-state index contributed by atoms with van der Waals surface area (Å²) in [6.45, 7) is 8.04. The van der Waals surface area contributed by atoms with Crippen molar-refractivity contribution in [1.82, 2.24) is 0 Å². The van der Waals surface area contributed by atoms with E-state index in [1.165, 1.54) is 0 Å². The molecule has 0 saturated carbocycles. The van der Waals surface area contributed by atoms with Gasteiger partial charge in [-0.15, -0.1) is 0 Å². The summed E-state index contributed by atoms with van der Waals surface area (Å²) >= 11 is 0. The van der Waals surface area contributed by atoms with Gasteiger partial charge in [-0.05, 0) is 20.3 Å². The minimum atomic E-state index is -2.94. The predicted molar refractivity (Wildman–Crippen MR) is 56.1 cm³/mol. The van der Waals surface area contributed by atoms with Crippen LogP contribution in [-0.4, -0.2) is 41.8 Å². The molecule has 0 aromatic rings. The van der Waals surface area contributed by atoms with Crippen LogP contribution in [0.5, 0.6) is 0 Å². The smallest absolute Gasteiger partial charge is 0.351 e. The van der Waals surface area contributed by atoms with Gasteiger partial charge in [-0.2, -0.15) is 0 Å². The van der Waals surface area contributed by atoms with Gasteiger partial charge in [0.15, 0.2) is 6.29 Å².